The van der Waals surface area contributed by atoms with Gasteiger partial charge in [-0.05, 0) is 38.9 Å². The van der Waals surface area contributed by atoms with Crippen molar-refractivity contribution >= 4 is 5.82 Å². The lowest BCUT2D eigenvalue weighted by Crippen LogP contribution is -2.48. The smallest absolute Gasteiger partial charge is 0.255 e. The van der Waals surface area contributed by atoms with Crippen LogP contribution >= 0.6 is 0 Å². The summed E-state index contributed by atoms with van der Waals surface area (Å²) < 4.78 is 34.2. The van der Waals surface area contributed by atoms with Crippen molar-refractivity contribution in [2.24, 2.45) is 0 Å². The first kappa shape index (κ1) is 20.0. The van der Waals surface area contributed by atoms with E-state index in [0.717, 1.165) is 13.0 Å². The monoisotopic (exact) mass is 408 g/mol. The molecule has 8 nitrogen and oxygen atoms in total. The largest absolute Gasteiger partial charge is 0.476 e. The zero-order chi connectivity index (χ0) is 20.4. The summed E-state index contributed by atoms with van der Waals surface area (Å²) in [7, 11) is 2.05. The summed E-state index contributed by atoms with van der Waals surface area (Å²) in [5, 5.41) is 16.7. The van der Waals surface area contributed by atoms with Crippen LogP contribution in [0.4, 0.5) is 14.6 Å². The number of nitrogens with zero attached hydrogens (tertiary/aromatic N) is 5. The number of hydrogen-bond donors (Lipinski definition) is 2. The van der Waals surface area contributed by atoms with Crippen LogP contribution in [0.1, 0.15) is 37.8 Å². The molecule has 1 atom stereocenters. The molecule has 0 spiro atoms. The quantitative estimate of drug-likeness (QED) is 0.726. The molecule has 29 heavy (non-hydrogen) atoms. The summed E-state index contributed by atoms with van der Waals surface area (Å²) in [4.78, 5) is 11.1. The zero-order valence-corrected chi connectivity index (χ0v) is 16.4. The number of aromatic nitrogens is 4. The Bertz CT molecular complexity index is 836. The molecule has 0 amide bonds. The Morgan fingerprint density at radius 3 is 2.69 bits per heavy atom. The number of likely N-dealkylation sites (tertiary alicyclic amines) is 1. The topological polar surface area (TPSA) is 88.3 Å². The number of alkyl halides is 2. The van der Waals surface area contributed by atoms with Crippen LogP contribution in [0.5, 0.6) is 5.88 Å². The van der Waals surface area contributed by atoms with E-state index in [4.69, 9.17) is 4.74 Å². The van der Waals surface area contributed by atoms with Gasteiger partial charge in [-0.2, -0.15) is 15.1 Å². The van der Waals surface area contributed by atoms with Crippen LogP contribution in [-0.2, 0) is 6.61 Å². The van der Waals surface area contributed by atoms with Gasteiger partial charge in [-0.1, -0.05) is 0 Å². The second-order valence-corrected chi connectivity index (χ2v) is 7.81. The van der Waals surface area contributed by atoms with Gasteiger partial charge in [0.2, 0.25) is 11.8 Å². The Kier molecular flexibility index (Phi) is 5.64. The average molecular weight is 408 g/mol. The lowest BCUT2D eigenvalue weighted by atomic mass is 9.92. The van der Waals surface area contributed by atoms with Crippen molar-refractivity contribution in [1.29, 1.82) is 0 Å². The van der Waals surface area contributed by atoms with Crippen LogP contribution in [0.25, 0.3) is 5.95 Å². The molecule has 1 unspecified atom stereocenters. The number of aliphatic hydroxyl groups excluding tert-OH is 1. The highest BCUT2D eigenvalue weighted by Crippen LogP contribution is 2.34. The van der Waals surface area contributed by atoms with Crippen molar-refractivity contribution in [1.82, 2.24) is 24.6 Å². The molecule has 2 aliphatic rings. The van der Waals surface area contributed by atoms with Crippen molar-refractivity contribution in [3.05, 3.63) is 24.0 Å². The van der Waals surface area contributed by atoms with E-state index in [1.165, 1.54) is 4.68 Å². The van der Waals surface area contributed by atoms with Crippen LogP contribution in [0.15, 0.2) is 18.3 Å². The molecule has 3 heterocycles. The predicted octanol–water partition coefficient (Wildman–Crippen LogP) is 2.23. The molecule has 0 bridgehead atoms. The Morgan fingerprint density at radius 2 is 2.07 bits per heavy atom. The van der Waals surface area contributed by atoms with Crippen LogP contribution in [-0.4, -0.2) is 68.0 Å². The number of halogens is 2. The number of hydrogen-bond acceptors (Lipinski definition) is 7. The highest BCUT2D eigenvalue weighted by molar-refractivity contribution is 5.42. The highest BCUT2D eigenvalue weighted by atomic mass is 19.3. The van der Waals surface area contributed by atoms with Crippen molar-refractivity contribution < 1.29 is 18.6 Å². The Balaban J connectivity index is 1.52. The molecule has 0 radical (unpaired) electrons. The van der Waals surface area contributed by atoms with E-state index in [9.17, 15) is 13.9 Å². The fourth-order valence-corrected chi connectivity index (χ4v) is 3.58. The minimum absolute atomic E-state index is 0.0754. The molecule has 2 aromatic rings. The number of nitrogens with one attached hydrogen (secondary N) is 1. The first-order valence-corrected chi connectivity index (χ1v) is 9.94. The first-order valence-electron chi connectivity index (χ1n) is 9.94. The lowest BCUT2D eigenvalue weighted by molar-refractivity contribution is -0.0361. The van der Waals surface area contributed by atoms with E-state index in [-0.39, 0.29) is 25.5 Å². The molecule has 1 aliphatic heterocycles. The number of aliphatic hydroxyl groups is 1. The van der Waals surface area contributed by atoms with Gasteiger partial charge < -0.3 is 15.2 Å². The predicted molar refractivity (Wildman–Crippen MR) is 102 cm³/mol. The van der Waals surface area contributed by atoms with Crippen molar-refractivity contribution in [3.8, 4) is 11.8 Å². The van der Waals surface area contributed by atoms with Crippen LogP contribution < -0.4 is 10.1 Å². The molecular weight excluding hydrogens is 382 g/mol. The zero-order valence-electron chi connectivity index (χ0n) is 16.4. The van der Waals surface area contributed by atoms with Gasteiger partial charge >= 0.3 is 0 Å². The van der Waals surface area contributed by atoms with E-state index in [1.54, 1.807) is 18.3 Å². The maximum Gasteiger partial charge on any atom is 0.255 e. The molecule has 2 fully saturated rings. The second-order valence-electron chi connectivity index (χ2n) is 7.81. The van der Waals surface area contributed by atoms with Crippen LogP contribution in [0, 0.1) is 0 Å². The summed E-state index contributed by atoms with van der Waals surface area (Å²) in [6.07, 6.45) is 3.25. The Hall–Kier alpha value is -2.33. The van der Waals surface area contributed by atoms with E-state index in [1.807, 2.05) is 0 Å². The molecule has 158 valence electrons. The average Bonchev–Trinajstić information content (AvgIpc) is 3.18. The summed E-state index contributed by atoms with van der Waals surface area (Å²) in [6, 6.07) is 3.66. The molecule has 1 saturated carbocycles. The molecule has 0 aromatic carbocycles. The first-order chi connectivity index (χ1) is 13.9. The fraction of sp³-hybridized carbons (Fsp3) is 0.632. The standard InChI is InChI=1S/C19H26F2N6O2/c1-26-8-5-15(26)12-29-17-10-16(22-13-2-6-19(20,21)7-3-13)23-18(24-17)27-9-4-14(11-28)25-27/h4,9-10,13,15,28H,2-3,5-8,11-12H2,1H3,(H,22,23,24). The maximum absolute atomic E-state index is 13.4. The highest BCUT2D eigenvalue weighted by Gasteiger charge is 2.35. The molecule has 4 rings (SSSR count). The van der Waals surface area contributed by atoms with Gasteiger partial charge in [0, 0.05) is 37.2 Å². The van der Waals surface area contributed by atoms with Gasteiger partial charge in [0.1, 0.15) is 12.4 Å². The molecule has 1 aliphatic carbocycles. The fourth-order valence-electron chi connectivity index (χ4n) is 3.58. The molecule has 2 aromatic heterocycles. The van der Waals surface area contributed by atoms with Gasteiger partial charge in [0.25, 0.3) is 5.95 Å². The van der Waals surface area contributed by atoms with Crippen molar-refractivity contribution in [2.75, 3.05) is 25.5 Å². The van der Waals surface area contributed by atoms with Crippen molar-refractivity contribution in [3.63, 3.8) is 0 Å². The Morgan fingerprint density at radius 1 is 1.28 bits per heavy atom. The third-order valence-corrected chi connectivity index (χ3v) is 5.63. The van der Waals surface area contributed by atoms with Crippen LogP contribution in [0.2, 0.25) is 0 Å². The summed E-state index contributed by atoms with van der Waals surface area (Å²) in [5.41, 5.74) is 0.500. The van der Waals surface area contributed by atoms with Crippen LogP contribution in [0.3, 0.4) is 0 Å². The van der Waals surface area contributed by atoms with E-state index >= 15 is 0 Å². The molecular formula is C19H26F2N6O2. The van der Waals surface area contributed by atoms with Crippen molar-refractivity contribution in [2.45, 2.75) is 56.7 Å². The summed E-state index contributed by atoms with van der Waals surface area (Å²) in [5.74, 6) is -1.36. The number of anilines is 1. The lowest BCUT2D eigenvalue weighted by Gasteiger charge is -2.37. The number of rotatable bonds is 7. The summed E-state index contributed by atoms with van der Waals surface area (Å²) in [6.45, 7) is 1.39. The van der Waals surface area contributed by atoms with E-state index < -0.39 is 5.92 Å². The SMILES string of the molecule is CN1CCC1COc1cc(NC2CCC(F)(F)CC2)nc(-n2ccc(CO)n2)n1. The van der Waals surface area contributed by atoms with E-state index in [0.29, 0.717) is 48.8 Å². The van der Waals surface area contributed by atoms with Gasteiger partial charge in [-0.3, -0.25) is 4.90 Å². The van der Waals surface area contributed by atoms with Gasteiger partial charge in [-0.15, -0.1) is 0 Å². The molecule has 10 heteroatoms. The Labute approximate surface area is 167 Å². The van der Waals surface area contributed by atoms with E-state index in [2.05, 4.69) is 32.3 Å². The van der Waals surface area contributed by atoms with Gasteiger partial charge in [-0.25, -0.2) is 13.5 Å². The molecule has 2 N–H and O–H groups in total. The minimum Gasteiger partial charge on any atom is -0.476 e. The third-order valence-electron chi connectivity index (χ3n) is 5.63. The number of likely N-dealkylation sites (N-methyl/N-ethyl adjacent to an activating group) is 1. The number of ether oxygens (including phenoxy) is 1. The molecule has 1 saturated heterocycles. The summed E-state index contributed by atoms with van der Waals surface area (Å²) >= 11 is 0. The third kappa shape index (κ3) is 4.81. The minimum atomic E-state index is -2.58. The van der Waals surface area contributed by atoms with Gasteiger partial charge in [0.15, 0.2) is 0 Å². The van der Waals surface area contributed by atoms with Gasteiger partial charge in [0.05, 0.1) is 12.3 Å². The second kappa shape index (κ2) is 8.19. The normalized spacial score (nSPS) is 22.3. The maximum atomic E-state index is 13.4.